The highest BCUT2D eigenvalue weighted by molar-refractivity contribution is 5.52. The van der Waals surface area contributed by atoms with Crippen LogP contribution < -0.4 is 5.73 Å². The van der Waals surface area contributed by atoms with Gasteiger partial charge in [0.1, 0.15) is 0 Å². The second-order valence-electron chi connectivity index (χ2n) is 5.51. The first-order valence-electron chi connectivity index (χ1n) is 7.51. The quantitative estimate of drug-likeness (QED) is 0.715. The molecule has 0 bridgehead atoms. The lowest BCUT2D eigenvalue weighted by Gasteiger charge is -2.39. The van der Waals surface area contributed by atoms with E-state index < -0.39 is 5.41 Å². The van der Waals surface area contributed by atoms with Gasteiger partial charge in [-0.1, -0.05) is 91.0 Å². The van der Waals surface area contributed by atoms with Gasteiger partial charge in [0.2, 0.25) is 0 Å². The zero-order valence-electron chi connectivity index (χ0n) is 12.5. The molecule has 22 heavy (non-hydrogen) atoms. The van der Waals surface area contributed by atoms with Crippen molar-refractivity contribution in [2.75, 3.05) is 0 Å². The van der Waals surface area contributed by atoms with Crippen molar-refractivity contribution in [1.29, 1.82) is 0 Å². The van der Waals surface area contributed by atoms with Gasteiger partial charge in [0, 0.05) is 6.04 Å². The monoisotopic (exact) mass is 286 g/mol. The van der Waals surface area contributed by atoms with E-state index in [0.29, 0.717) is 0 Å². The van der Waals surface area contributed by atoms with Crippen LogP contribution in [0.5, 0.6) is 0 Å². The summed E-state index contributed by atoms with van der Waals surface area (Å²) in [6.45, 7) is 4.22. The number of hydrogen-bond donors (Lipinski definition) is 1. The van der Waals surface area contributed by atoms with Gasteiger partial charge in [0.05, 0.1) is 5.41 Å². The zero-order valence-corrected chi connectivity index (χ0v) is 12.5. The van der Waals surface area contributed by atoms with Crippen LogP contribution in [0, 0.1) is 6.92 Å². The first-order chi connectivity index (χ1) is 10.8. The van der Waals surface area contributed by atoms with Crippen LogP contribution in [0.1, 0.15) is 16.7 Å². The van der Waals surface area contributed by atoms with Gasteiger partial charge in [0.25, 0.3) is 0 Å². The minimum atomic E-state index is -0.455. The summed E-state index contributed by atoms with van der Waals surface area (Å²) in [5.74, 6) is 0. The largest absolute Gasteiger partial charge is 0.326 e. The van der Waals surface area contributed by atoms with Crippen molar-refractivity contribution < 1.29 is 0 Å². The van der Waals surface area contributed by atoms with Crippen molar-refractivity contribution in [1.82, 2.24) is 0 Å². The molecule has 0 aliphatic heterocycles. The first kappa shape index (κ1) is 14.6. The number of benzene rings is 3. The number of rotatable bonds is 4. The molecule has 0 amide bonds. The van der Waals surface area contributed by atoms with Crippen LogP contribution in [0.4, 0.5) is 0 Å². The second-order valence-corrected chi connectivity index (χ2v) is 5.51. The van der Waals surface area contributed by atoms with Crippen LogP contribution in [-0.2, 0) is 5.41 Å². The zero-order chi connectivity index (χ0) is 15.4. The third-order valence-electron chi connectivity index (χ3n) is 4.24. The van der Waals surface area contributed by atoms with E-state index in [-0.39, 0.29) is 6.04 Å². The standard InChI is InChI=1S/C21H20N/c1-17(22)21(18-11-5-2-6-12-18,19-13-7-3-8-14-19)20-15-9-4-10-16-20/h2-17H,1,22H2. The van der Waals surface area contributed by atoms with E-state index in [1.54, 1.807) is 0 Å². The molecule has 2 N–H and O–H groups in total. The maximum atomic E-state index is 6.46. The summed E-state index contributed by atoms with van der Waals surface area (Å²) >= 11 is 0. The molecule has 1 nitrogen and oxygen atoms in total. The second kappa shape index (κ2) is 6.17. The fraction of sp³-hybridized carbons (Fsp3) is 0.0952. The summed E-state index contributed by atoms with van der Waals surface area (Å²) in [7, 11) is 0. The molecule has 0 heterocycles. The molecular weight excluding hydrogens is 266 g/mol. The predicted molar refractivity (Wildman–Crippen MR) is 92.5 cm³/mol. The third-order valence-corrected chi connectivity index (χ3v) is 4.24. The lowest BCUT2D eigenvalue weighted by molar-refractivity contribution is 0.542. The fourth-order valence-electron chi connectivity index (χ4n) is 3.25. The summed E-state index contributed by atoms with van der Waals surface area (Å²) < 4.78 is 0. The van der Waals surface area contributed by atoms with Gasteiger partial charge in [-0.05, 0) is 23.6 Å². The fourth-order valence-corrected chi connectivity index (χ4v) is 3.25. The molecule has 0 aliphatic rings. The molecule has 109 valence electrons. The van der Waals surface area contributed by atoms with Crippen LogP contribution in [0.3, 0.4) is 0 Å². The molecule has 1 unspecified atom stereocenters. The Balaban J connectivity index is 2.34. The minimum Gasteiger partial charge on any atom is -0.326 e. The molecule has 3 aromatic rings. The van der Waals surface area contributed by atoms with Gasteiger partial charge in [-0.15, -0.1) is 0 Å². The summed E-state index contributed by atoms with van der Waals surface area (Å²) in [5, 5.41) is 0. The molecule has 0 saturated carbocycles. The Morgan fingerprint density at radius 3 is 1.09 bits per heavy atom. The average molecular weight is 286 g/mol. The van der Waals surface area contributed by atoms with E-state index in [0.717, 1.165) is 16.7 Å². The summed E-state index contributed by atoms with van der Waals surface area (Å²) in [5.41, 5.74) is 9.49. The summed E-state index contributed by atoms with van der Waals surface area (Å²) in [6.07, 6.45) is 0. The van der Waals surface area contributed by atoms with Crippen molar-refractivity contribution in [2.24, 2.45) is 5.73 Å². The maximum Gasteiger partial charge on any atom is 0.0602 e. The van der Waals surface area contributed by atoms with Gasteiger partial charge in [-0.3, -0.25) is 0 Å². The number of nitrogens with two attached hydrogens (primary N) is 1. The minimum absolute atomic E-state index is 0.306. The molecule has 3 rings (SSSR count). The highest BCUT2D eigenvalue weighted by Crippen LogP contribution is 2.41. The summed E-state index contributed by atoms with van der Waals surface area (Å²) in [6, 6.07) is 30.9. The normalized spacial score (nSPS) is 12.8. The highest BCUT2D eigenvalue weighted by Gasteiger charge is 2.39. The summed E-state index contributed by atoms with van der Waals surface area (Å²) in [4.78, 5) is 0. The molecule has 0 aromatic heterocycles. The lowest BCUT2D eigenvalue weighted by atomic mass is 9.65. The Hall–Kier alpha value is -2.38. The van der Waals surface area contributed by atoms with Gasteiger partial charge in [0.15, 0.2) is 0 Å². The van der Waals surface area contributed by atoms with Crippen LogP contribution in [0.2, 0.25) is 0 Å². The molecular formula is C21H20N. The third kappa shape index (κ3) is 2.34. The molecule has 0 aliphatic carbocycles. The Morgan fingerprint density at radius 2 is 0.864 bits per heavy atom. The van der Waals surface area contributed by atoms with Crippen LogP contribution in [-0.4, -0.2) is 6.04 Å². The van der Waals surface area contributed by atoms with E-state index in [1.165, 1.54) is 0 Å². The van der Waals surface area contributed by atoms with Crippen molar-refractivity contribution in [3.8, 4) is 0 Å². The van der Waals surface area contributed by atoms with Gasteiger partial charge in [-0.25, -0.2) is 0 Å². The molecule has 1 radical (unpaired) electrons. The SMILES string of the molecule is [CH2]C(N)C(c1ccccc1)(c1ccccc1)c1ccccc1. The molecule has 0 spiro atoms. The van der Waals surface area contributed by atoms with E-state index in [9.17, 15) is 0 Å². The van der Waals surface area contributed by atoms with E-state index in [2.05, 4.69) is 79.7 Å². The van der Waals surface area contributed by atoms with Gasteiger partial charge < -0.3 is 5.73 Å². The van der Waals surface area contributed by atoms with Crippen molar-refractivity contribution in [3.05, 3.63) is 115 Å². The Labute approximate surface area is 132 Å². The Kier molecular flexibility index (Phi) is 4.08. The Morgan fingerprint density at radius 1 is 0.591 bits per heavy atom. The van der Waals surface area contributed by atoms with Crippen LogP contribution >= 0.6 is 0 Å². The lowest BCUT2D eigenvalue weighted by Crippen LogP contribution is -2.45. The molecule has 1 atom stereocenters. The predicted octanol–water partition coefficient (Wildman–Crippen LogP) is 4.18. The molecule has 0 fully saturated rings. The first-order valence-corrected chi connectivity index (χ1v) is 7.51. The maximum absolute atomic E-state index is 6.46. The van der Waals surface area contributed by atoms with Crippen LogP contribution in [0.25, 0.3) is 0 Å². The van der Waals surface area contributed by atoms with Crippen molar-refractivity contribution in [2.45, 2.75) is 11.5 Å². The molecule has 0 saturated heterocycles. The van der Waals surface area contributed by atoms with Gasteiger partial charge >= 0.3 is 0 Å². The van der Waals surface area contributed by atoms with E-state index in [4.69, 9.17) is 5.73 Å². The van der Waals surface area contributed by atoms with Crippen LogP contribution in [0.15, 0.2) is 91.0 Å². The van der Waals surface area contributed by atoms with E-state index >= 15 is 0 Å². The average Bonchev–Trinajstić information content (AvgIpc) is 2.58. The Bertz CT molecular complexity index is 606. The smallest absolute Gasteiger partial charge is 0.0602 e. The highest BCUT2D eigenvalue weighted by atomic mass is 14.7. The molecule has 3 aromatic carbocycles. The molecule has 1 heteroatoms. The van der Waals surface area contributed by atoms with Crippen molar-refractivity contribution >= 4 is 0 Å². The van der Waals surface area contributed by atoms with E-state index in [1.807, 2.05) is 18.2 Å². The van der Waals surface area contributed by atoms with Gasteiger partial charge in [-0.2, -0.15) is 0 Å². The number of hydrogen-bond acceptors (Lipinski definition) is 1. The van der Waals surface area contributed by atoms with Crippen molar-refractivity contribution in [3.63, 3.8) is 0 Å². The topological polar surface area (TPSA) is 26.0 Å².